The van der Waals surface area contributed by atoms with Crippen molar-refractivity contribution in [3.05, 3.63) is 70.6 Å². The van der Waals surface area contributed by atoms with E-state index in [1.807, 2.05) is 54.6 Å². The lowest BCUT2D eigenvalue weighted by Crippen LogP contribution is -2.41. The number of carbonyl (C=O) groups is 2. The fraction of sp³-hybridized carbons (Fsp3) is 0.385. The highest BCUT2D eigenvalue weighted by atomic mass is 32.2. The number of benzene rings is 2. The Bertz CT molecular complexity index is 962. The van der Waals surface area contributed by atoms with Gasteiger partial charge < -0.3 is 4.74 Å². The van der Waals surface area contributed by atoms with E-state index in [2.05, 4.69) is 0 Å². The van der Waals surface area contributed by atoms with E-state index < -0.39 is 0 Å². The molecule has 0 unspecified atom stereocenters. The third kappa shape index (κ3) is 4.72. The highest BCUT2D eigenvalue weighted by Crippen LogP contribution is 2.42. The lowest BCUT2D eigenvalue weighted by atomic mass is 9.95. The summed E-state index contributed by atoms with van der Waals surface area (Å²) in [4.78, 5) is 29.4. The summed E-state index contributed by atoms with van der Waals surface area (Å²) in [6.45, 7) is 0. The second-order valence-electron chi connectivity index (χ2n) is 8.16. The van der Waals surface area contributed by atoms with Gasteiger partial charge in [0.25, 0.3) is 11.8 Å². The molecule has 2 amide bonds. The highest BCUT2D eigenvalue weighted by molar-refractivity contribution is 8.03. The lowest BCUT2D eigenvalue weighted by molar-refractivity contribution is -0.139. The Morgan fingerprint density at radius 2 is 1.52 bits per heavy atom. The van der Waals surface area contributed by atoms with Gasteiger partial charge in [-0.05, 0) is 24.5 Å². The van der Waals surface area contributed by atoms with Crippen LogP contribution in [0.15, 0.2) is 59.5 Å². The molecule has 0 atom stereocenters. The van der Waals surface area contributed by atoms with Gasteiger partial charge in [0, 0.05) is 17.4 Å². The van der Waals surface area contributed by atoms with E-state index in [0.717, 1.165) is 31.2 Å². The molecule has 1 saturated carbocycles. The molecule has 1 heterocycles. The van der Waals surface area contributed by atoms with E-state index in [4.69, 9.17) is 4.74 Å². The maximum Gasteiger partial charge on any atom is 0.268 e. The summed E-state index contributed by atoms with van der Waals surface area (Å²) in [6, 6.07) is 17.5. The van der Waals surface area contributed by atoms with Gasteiger partial charge in [0.2, 0.25) is 0 Å². The highest BCUT2D eigenvalue weighted by Gasteiger charge is 2.43. The van der Waals surface area contributed by atoms with Crippen molar-refractivity contribution in [3.8, 4) is 5.75 Å². The quantitative estimate of drug-likeness (QED) is 0.536. The van der Waals surface area contributed by atoms with E-state index in [1.54, 1.807) is 12.0 Å². The van der Waals surface area contributed by atoms with Crippen LogP contribution in [0.4, 0.5) is 0 Å². The summed E-state index contributed by atoms with van der Waals surface area (Å²) < 4.78 is 5.54. The Kier molecular flexibility index (Phi) is 7.13. The Morgan fingerprint density at radius 3 is 2.23 bits per heavy atom. The molecule has 0 spiro atoms. The number of carbonyl (C=O) groups excluding carboxylic acids is 2. The molecule has 0 radical (unpaired) electrons. The molecule has 2 aliphatic rings. The fourth-order valence-electron chi connectivity index (χ4n) is 4.50. The summed E-state index contributed by atoms with van der Waals surface area (Å²) in [6.07, 6.45) is 7.53. The van der Waals surface area contributed by atoms with Crippen molar-refractivity contribution in [3.63, 3.8) is 0 Å². The number of amides is 2. The molecule has 1 fully saturated rings. The molecule has 2 aromatic rings. The molecule has 4 rings (SSSR count). The van der Waals surface area contributed by atoms with Crippen molar-refractivity contribution in [1.29, 1.82) is 0 Å². The van der Waals surface area contributed by atoms with E-state index in [0.29, 0.717) is 27.5 Å². The number of methoxy groups -OCH3 is 1. The van der Waals surface area contributed by atoms with Crippen LogP contribution < -0.4 is 4.74 Å². The lowest BCUT2D eigenvalue weighted by Gasteiger charge is -2.28. The van der Waals surface area contributed by atoms with Gasteiger partial charge >= 0.3 is 0 Å². The van der Waals surface area contributed by atoms with Crippen LogP contribution in [-0.4, -0.2) is 29.9 Å². The molecule has 0 N–H and O–H groups in total. The van der Waals surface area contributed by atoms with Crippen LogP contribution in [0.25, 0.3) is 5.57 Å². The molecule has 4 nitrogen and oxygen atoms in total. The fourth-order valence-corrected chi connectivity index (χ4v) is 5.57. The van der Waals surface area contributed by atoms with Crippen LogP contribution in [-0.2, 0) is 15.3 Å². The minimum Gasteiger partial charge on any atom is -0.496 e. The normalized spacial score (nSPS) is 18.3. The summed E-state index contributed by atoms with van der Waals surface area (Å²) in [5.41, 5.74) is 2.32. The smallest absolute Gasteiger partial charge is 0.268 e. The summed E-state index contributed by atoms with van der Waals surface area (Å²) in [5, 5.41) is 0. The minimum absolute atomic E-state index is 0.0140. The number of nitrogens with zero attached hydrogens (tertiary/aromatic N) is 1. The zero-order valence-corrected chi connectivity index (χ0v) is 18.8. The standard InChI is InChI=1S/C26H29NO3S/c1-30-22-17-11-10-16-21(22)23-24(31-18-19-12-6-5-7-13-19)26(29)27(25(23)28)20-14-8-3-2-4-9-15-20/h5-7,10-13,16-17,20H,2-4,8-9,14-15,18H2,1H3. The van der Waals surface area contributed by atoms with Gasteiger partial charge in [-0.3, -0.25) is 14.5 Å². The van der Waals surface area contributed by atoms with Crippen LogP contribution in [0.3, 0.4) is 0 Å². The Balaban J connectivity index is 1.70. The number of imide groups is 1. The average molecular weight is 436 g/mol. The van der Waals surface area contributed by atoms with Crippen LogP contribution >= 0.6 is 11.8 Å². The average Bonchev–Trinajstić information content (AvgIpc) is 3.02. The first-order valence-corrected chi connectivity index (χ1v) is 12.1. The third-order valence-electron chi connectivity index (χ3n) is 6.11. The van der Waals surface area contributed by atoms with Gasteiger partial charge in [-0.1, -0.05) is 80.6 Å². The number of para-hydroxylation sites is 1. The van der Waals surface area contributed by atoms with Gasteiger partial charge in [-0.2, -0.15) is 0 Å². The molecule has 5 heteroatoms. The summed E-state index contributed by atoms with van der Waals surface area (Å²) in [5.74, 6) is 0.954. The first-order chi connectivity index (χ1) is 15.2. The Labute approximate surface area is 188 Å². The number of hydrogen-bond acceptors (Lipinski definition) is 4. The van der Waals surface area contributed by atoms with Gasteiger partial charge in [-0.25, -0.2) is 0 Å². The van der Waals surface area contributed by atoms with Gasteiger partial charge in [0.15, 0.2) is 0 Å². The zero-order chi connectivity index (χ0) is 21.6. The van der Waals surface area contributed by atoms with Crippen molar-refractivity contribution < 1.29 is 14.3 Å². The minimum atomic E-state index is -0.171. The van der Waals surface area contributed by atoms with Crippen LogP contribution in [0.1, 0.15) is 56.1 Å². The number of rotatable bonds is 6. The predicted octanol–water partition coefficient (Wildman–Crippen LogP) is 5.82. The largest absolute Gasteiger partial charge is 0.496 e. The Hall–Kier alpha value is -2.53. The van der Waals surface area contributed by atoms with E-state index in [-0.39, 0.29) is 17.9 Å². The van der Waals surface area contributed by atoms with E-state index in [9.17, 15) is 9.59 Å². The molecular weight excluding hydrogens is 406 g/mol. The molecule has 0 bridgehead atoms. The molecule has 0 aromatic heterocycles. The molecule has 2 aromatic carbocycles. The van der Waals surface area contributed by atoms with Gasteiger partial charge in [0.05, 0.1) is 17.6 Å². The topological polar surface area (TPSA) is 46.6 Å². The molecule has 1 aliphatic heterocycles. The SMILES string of the molecule is COc1ccccc1C1=C(SCc2ccccc2)C(=O)N(C2CCCCCCC2)C1=O. The second kappa shape index (κ2) is 10.2. The summed E-state index contributed by atoms with van der Waals surface area (Å²) >= 11 is 1.46. The van der Waals surface area contributed by atoms with Crippen molar-refractivity contribution in [2.24, 2.45) is 0 Å². The molecule has 1 aliphatic carbocycles. The maximum atomic E-state index is 13.7. The molecule has 31 heavy (non-hydrogen) atoms. The first kappa shape index (κ1) is 21.7. The Morgan fingerprint density at radius 1 is 0.871 bits per heavy atom. The third-order valence-corrected chi connectivity index (χ3v) is 7.26. The molecule has 0 saturated heterocycles. The van der Waals surface area contributed by atoms with Crippen molar-refractivity contribution in [2.45, 2.75) is 56.7 Å². The number of hydrogen-bond donors (Lipinski definition) is 0. The first-order valence-electron chi connectivity index (χ1n) is 11.1. The van der Waals surface area contributed by atoms with Crippen LogP contribution in [0.2, 0.25) is 0 Å². The number of ether oxygens (including phenoxy) is 1. The second-order valence-corrected chi connectivity index (χ2v) is 9.14. The maximum absolute atomic E-state index is 13.7. The van der Waals surface area contributed by atoms with Crippen molar-refractivity contribution in [1.82, 2.24) is 4.90 Å². The van der Waals surface area contributed by atoms with E-state index >= 15 is 0 Å². The van der Waals surface area contributed by atoms with Crippen LogP contribution in [0, 0.1) is 0 Å². The van der Waals surface area contributed by atoms with Crippen LogP contribution in [0.5, 0.6) is 5.75 Å². The molecular formula is C26H29NO3S. The number of thioether (sulfide) groups is 1. The monoisotopic (exact) mass is 435 g/mol. The van der Waals surface area contributed by atoms with Crippen molar-refractivity contribution >= 4 is 29.1 Å². The van der Waals surface area contributed by atoms with Gasteiger partial charge in [-0.15, -0.1) is 11.8 Å². The van der Waals surface area contributed by atoms with Gasteiger partial charge in [0.1, 0.15) is 5.75 Å². The molecule has 162 valence electrons. The predicted molar refractivity (Wildman–Crippen MR) is 126 cm³/mol. The van der Waals surface area contributed by atoms with E-state index in [1.165, 1.54) is 31.0 Å². The summed E-state index contributed by atoms with van der Waals surface area (Å²) in [7, 11) is 1.60. The van der Waals surface area contributed by atoms with Crippen molar-refractivity contribution in [2.75, 3.05) is 7.11 Å². The zero-order valence-electron chi connectivity index (χ0n) is 18.0.